The van der Waals surface area contributed by atoms with Crippen molar-refractivity contribution >= 4 is 30.8 Å². The van der Waals surface area contributed by atoms with Crippen molar-refractivity contribution < 1.29 is 4.43 Å². The van der Waals surface area contributed by atoms with Crippen LogP contribution >= 0.6 is 0 Å². The summed E-state index contributed by atoms with van der Waals surface area (Å²) in [4.78, 5) is 4.34. The summed E-state index contributed by atoms with van der Waals surface area (Å²) in [5.74, 6) is 0. The van der Waals surface area contributed by atoms with E-state index in [1.165, 1.54) is 25.8 Å². The van der Waals surface area contributed by atoms with E-state index in [9.17, 15) is 0 Å². The molecule has 0 spiro atoms. The predicted molar refractivity (Wildman–Crippen MR) is 128 cm³/mol. The van der Waals surface area contributed by atoms with E-state index >= 15 is 0 Å². The number of nitrogens with one attached hydrogen (secondary N) is 1. The van der Waals surface area contributed by atoms with Gasteiger partial charge in [-0.25, -0.2) is 0 Å². The molecule has 0 aliphatic rings. The van der Waals surface area contributed by atoms with E-state index in [1.54, 1.807) is 0 Å². The van der Waals surface area contributed by atoms with Crippen LogP contribution in [-0.2, 0) is 4.43 Å². The van der Waals surface area contributed by atoms with Gasteiger partial charge in [0.25, 0.3) is 0 Å². The molecule has 6 heteroatoms. The second-order valence-electron chi connectivity index (χ2n) is 11.9. The van der Waals surface area contributed by atoms with Crippen LogP contribution in [0.3, 0.4) is 0 Å². The second kappa shape index (κ2) is 8.86. The van der Waals surface area contributed by atoms with Crippen molar-refractivity contribution in [2.75, 3.05) is 6.54 Å². The molecule has 0 aromatic carbocycles. The van der Waals surface area contributed by atoms with E-state index in [4.69, 9.17) is 4.43 Å². The third-order valence-corrected chi connectivity index (χ3v) is 44.0. The Morgan fingerprint density at radius 1 is 0.800 bits per heavy atom. The molecule has 0 aromatic rings. The van der Waals surface area contributed by atoms with Crippen LogP contribution in [0, 0.1) is 5.41 Å². The van der Waals surface area contributed by atoms with Crippen molar-refractivity contribution in [1.82, 2.24) is 4.98 Å². The lowest BCUT2D eigenvalue weighted by Crippen LogP contribution is -2.87. The van der Waals surface area contributed by atoms with Crippen molar-refractivity contribution in [3.63, 3.8) is 0 Å². The average Bonchev–Trinajstić information content (AvgIpc) is 2.31. The van der Waals surface area contributed by atoms with Gasteiger partial charge < -0.3 is 9.41 Å². The summed E-state index contributed by atoms with van der Waals surface area (Å²) < 4.78 is 7.09. The topological polar surface area (TPSA) is 21.3 Å². The van der Waals surface area contributed by atoms with E-state index in [2.05, 4.69) is 91.6 Å². The van der Waals surface area contributed by atoms with Gasteiger partial charge in [-0.05, 0) is 38.0 Å². The number of rotatable bonds is 10. The van der Waals surface area contributed by atoms with Gasteiger partial charge in [-0.15, -0.1) is 0 Å². The predicted octanol–water partition coefficient (Wildman–Crippen LogP) is 6.35. The number of hydrogen-bond donors (Lipinski definition) is 1. The highest BCUT2D eigenvalue weighted by Gasteiger charge is 2.62. The van der Waals surface area contributed by atoms with Gasteiger partial charge in [-0.2, -0.15) is 0 Å². The number of hydrogen-bond acceptors (Lipinski definition) is 2. The molecule has 1 atom stereocenters. The summed E-state index contributed by atoms with van der Waals surface area (Å²) >= 11 is 0. The van der Waals surface area contributed by atoms with Crippen molar-refractivity contribution in [3.05, 3.63) is 0 Å². The van der Waals surface area contributed by atoms with Crippen LogP contribution < -0.4 is 4.98 Å². The largest absolute Gasteiger partial charge is 0.416 e. The number of unbranched alkanes of at least 4 members (excludes halogenated alkanes) is 2. The van der Waals surface area contributed by atoms with Crippen molar-refractivity contribution in [1.29, 1.82) is 0 Å². The third-order valence-electron chi connectivity index (χ3n) is 5.20. The summed E-state index contributed by atoms with van der Waals surface area (Å²) in [6.45, 7) is 33.6. The van der Waals surface area contributed by atoms with Gasteiger partial charge in [-0.1, -0.05) is 79.8 Å². The highest BCUT2D eigenvalue weighted by molar-refractivity contribution is 7.68. The normalized spacial score (nSPS) is 16.2. The van der Waals surface area contributed by atoms with Gasteiger partial charge in [0.15, 0.2) is 8.32 Å². The first kappa shape index (κ1) is 25.8. The maximum absolute atomic E-state index is 7.09. The first-order valence-corrected chi connectivity index (χ1v) is 24.8. The zero-order valence-electron chi connectivity index (χ0n) is 19.8. The van der Waals surface area contributed by atoms with Gasteiger partial charge >= 0.3 is 0 Å². The summed E-state index contributed by atoms with van der Waals surface area (Å²) in [6.07, 6.45) is 3.94. The van der Waals surface area contributed by atoms with Crippen molar-refractivity contribution in [3.8, 4) is 0 Å². The summed E-state index contributed by atoms with van der Waals surface area (Å²) in [5.41, 5.74) is 0.622. The maximum Gasteiger partial charge on any atom is 0.183 e. The molecule has 0 saturated carbocycles. The standard InChI is InChI=1S/C19H49NOSi4/c1-14-15-16-17-20-25(23(8,9)10,24(11,12)13)18(19(2,3)4)21-22(5,6)7/h18,20H,14-17H2,1-13H3. The fourth-order valence-corrected chi connectivity index (χ4v) is 53.5. The summed E-state index contributed by atoms with van der Waals surface area (Å²) in [6, 6.07) is 0. The lowest BCUT2D eigenvalue weighted by atomic mass is 9.98. The third kappa shape index (κ3) is 7.03. The molecule has 0 aromatic heterocycles. The Morgan fingerprint density at radius 2 is 1.24 bits per heavy atom. The summed E-state index contributed by atoms with van der Waals surface area (Å²) in [7, 11) is -6.23. The SMILES string of the molecule is CCCCCN[Si](C(O[Si](C)(C)C)C(C)(C)C)([Si](C)(C)C)[Si](C)(C)C. The fraction of sp³-hybridized carbons (Fsp3) is 1.00. The highest BCUT2D eigenvalue weighted by atomic mass is 29.6. The monoisotopic (exact) mass is 419 g/mol. The van der Waals surface area contributed by atoms with Crippen LogP contribution in [0.4, 0.5) is 0 Å². The molecule has 0 bridgehead atoms. The summed E-state index contributed by atoms with van der Waals surface area (Å²) in [5, 5.41) is 0. The molecule has 0 saturated heterocycles. The molecular weight excluding hydrogens is 371 g/mol. The first-order chi connectivity index (χ1) is 10.9. The first-order valence-electron chi connectivity index (χ1n) is 10.3. The molecule has 0 rings (SSSR count). The molecule has 0 radical (unpaired) electrons. The maximum atomic E-state index is 7.09. The molecule has 0 aliphatic heterocycles. The van der Waals surface area contributed by atoms with Gasteiger partial charge in [-0.3, -0.25) is 0 Å². The average molecular weight is 420 g/mol. The molecule has 1 unspecified atom stereocenters. The van der Waals surface area contributed by atoms with E-state index in [0.29, 0.717) is 5.73 Å². The van der Waals surface area contributed by atoms with Crippen LogP contribution in [0.15, 0.2) is 0 Å². The Morgan fingerprint density at radius 3 is 1.52 bits per heavy atom. The lowest BCUT2D eigenvalue weighted by Gasteiger charge is -2.59. The highest BCUT2D eigenvalue weighted by Crippen LogP contribution is 2.40. The van der Waals surface area contributed by atoms with Crippen LogP contribution in [-0.4, -0.2) is 43.0 Å². The van der Waals surface area contributed by atoms with E-state index in [1.807, 2.05) is 0 Å². The molecule has 152 valence electrons. The molecule has 2 nitrogen and oxygen atoms in total. The minimum Gasteiger partial charge on any atom is -0.416 e. The molecule has 0 fully saturated rings. The van der Waals surface area contributed by atoms with Gasteiger partial charge in [0, 0.05) is 0 Å². The molecule has 1 N–H and O–H groups in total. The van der Waals surface area contributed by atoms with Crippen LogP contribution in [0.2, 0.25) is 58.9 Å². The van der Waals surface area contributed by atoms with E-state index < -0.39 is 30.8 Å². The van der Waals surface area contributed by atoms with Crippen LogP contribution in [0.5, 0.6) is 0 Å². The zero-order valence-corrected chi connectivity index (χ0v) is 23.8. The van der Waals surface area contributed by atoms with Gasteiger partial charge in [0.2, 0.25) is 0 Å². The fourth-order valence-electron chi connectivity index (χ4n) is 4.46. The van der Waals surface area contributed by atoms with E-state index in [0.717, 1.165) is 0 Å². The zero-order chi connectivity index (χ0) is 20.3. The molecular formula is C19H49NOSi4. The Kier molecular flexibility index (Phi) is 9.14. The van der Waals surface area contributed by atoms with Crippen molar-refractivity contribution in [2.24, 2.45) is 5.41 Å². The van der Waals surface area contributed by atoms with Crippen LogP contribution in [0.25, 0.3) is 0 Å². The van der Waals surface area contributed by atoms with Crippen LogP contribution in [0.1, 0.15) is 47.0 Å². The second-order valence-corrected chi connectivity index (χ2v) is 43.1. The Bertz CT molecular complexity index is 386. The Labute approximate surface area is 163 Å². The van der Waals surface area contributed by atoms with E-state index in [-0.39, 0.29) is 5.41 Å². The smallest absolute Gasteiger partial charge is 0.183 e. The Balaban J connectivity index is 6.26. The molecule has 25 heavy (non-hydrogen) atoms. The Hall–Kier alpha value is 0.788. The minimum absolute atomic E-state index is 0.199. The van der Waals surface area contributed by atoms with Gasteiger partial charge in [0.05, 0.1) is 20.9 Å². The lowest BCUT2D eigenvalue weighted by molar-refractivity contribution is 0.142. The molecule has 0 amide bonds. The van der Waals surface area contributed by atoms with Gasteiger partial charge in [0.1, 0.15) is 7.27 Å². The molecule has 0 heterocycles. The van der Waals surface area contributed by atoms with Crippen molar-refractivity contribution in [2.45, 2.75) is 112 Å². The molecule has 0 aliphatic carbocycles. The quantitative estimate of drug-likeness (QED) is 0.329. The minimum atomic E-state index is -1.78.